The zero-order chi connectivity index (χ0) is 29.3. The number of allylic oxidation sites excluding steroid dienone is 5. The highest BCUT2D eigenvalue weighted by molar-refractivity contribution is 6.31. The molecule has 2 aromatic rings. The molecule has 208 valence electrons. The Labute approximate surface area is 232 Å². The Balaban J connectivity index is 0. The van der Waals surface area contributed by atoms with Gasteiger partial charge in [0.15, 0.2) is 11.6 Å². The molecule has 38 heavy (non-hydrogen) atoms. The monoisotopic (exact) mass is 518 g/mol. The number of carbonyl (C=O) groups is 2. The van der Waals surface area contributed by atoms with Crippen molar-refractivity contribution in [3.05, 3.63) is 108 Å². The molecular weight excluding hydrogens is 468 g/mol. The first-order valence-corrected chi connectivity index (χ1v) is 13.8. The van der Waals surface area contributed by atoms with Crippen LogP contribution in [0.4, 0.5) is 11.4 Å². The number of fused-ring (bicyclic) bond motifs is 2. The highest BCUT2D eigenvalue weighted by Gasteiger charge is 2.33. The lowest BCUT2D eigenvalue weighted by molar-refractivity contribution is 0.0980. The van der Waals surface area contributed by atoms with E-state index in [9.17, 15) is 9.59 Å². The molecule has 1 aliphatic rings. The van der Waals surface area contributed by atoms with E-state index in [1.807, 2.05) is 85.8 Å². The van der Waals surface area contributed by atoms with Crippen LogP contribution in [0.5, 0.6) is 0 Å². The highest BCUT2D eigenvalue weighted by atomic mass is 16.1. The van der Waals surface area contributed by atoms with Crippen molar-refractivity contribution in [1.82, 2.24) is 0 Å². The number of carbonyl (C=O) groups excluding carboxylic acids is 2. The second kappa shape index (κ2) is 23.7. The van der Waals surface area contributed by atoms with Gasteiger partial charge < -0.3 is 10.6 Å². The van der Waals surface area contributed by atoms with E-state index in [0.717, 1.165) is 12.8 Å². The highest BCUT2D eigenvalue weighted by Crippen LogP contribution is 2.36. The van der Waals surface area contributed by atoms with E-state index in [0.29, 0.717) is 40.2 Å². The Bertz CT molecular complexity index is 1050. The van der Waals surface area contributed by atoms with Crippen molar-refractivity contribution < 1.29 is 9.59 Å². The van der Waals surface area contributed by atoms with Crippen LogP contribution >= 0.6 is 0 Å². The lowest BCUT2D eigenvalue weighted by atomic mass is 9.82. The molecule has 0 unspecified atom stereocenters. The number of benzene rings is 2. The normalized spacial score (nSPS) is 11.0. The van der Waals surface area contributed by atoms with Gasteiger partial charge in [0.2, 0.25) is 0 Å². The maximum Gasteiger partial charge on any atom is 0.196 e. The fraction of sp³-hybridized carbons (Fsp3) is 0.353. The number of hydrogen-bond acceptors (Lipinski definition) is 4. The van der Waals surface area contributed by atoms with Crippen LogP contribution in [0.1, 0.15) is 107 Å². The maximum atomic E-state index is 13.1. The molecule has 3 rings (SSSR count). The SMILES string of the molecule is C/C=C\CC.C/C=C\CNc1ccc(N/C=C/CC)c2c1C(=O)c1ccccc1C2=O.C=CC.CC.CC. The second-order valence-electron chi connectivity index (χ2n) is 7.40. The molecule has 2 N–H and O–H groups in total. The van der Waals surface area contributed by atoms with Gasteiger partial charge in [-0.1, -0.05) is 102 Å². The van der Waals surface area contributed by atoms with Crippen LogP contribution in [0.2, 0.25) is 0 Å². The summed E-state index contributed by atoms with van der Waals surface area (Å²) in [4.78, 5) is 26.3. The van der Waals surface area contributed by atoms with Crippen LogP contribution < -0.4 is 10.6 Å². The minimum atomic E-state index is -0.128. The van der Waals surface area contributed by atoms with Gasteiger partial charge in [-0.3, -0.25) is 9.59 Å². The fourth-order valence-electron chi connectivity index (χ4n) is 3.28. The fourth-order valence-corrected chi connectivity index (χ4v) is 3.28. The number of ketones is 2. The maximum absolute atomic E-state index is 13.1. The van der Waals surface area contributed by atoms with Gasteiger partial charge in [0.1, 0.15) is 0 Å². The summed E-state index contributed by atoms with van der Waals surface area (Å²) in [5.74, 6) is -0.251. The third-order valence-corrected chi connectivity index (χ3v) is 4.79. The predicted molar refractivity (Wildman–Crippen MR) is 170 cm³/mol. The third kappa shape index (κ3) is 11.6. The lowest BCUT2D eigenvalue weighted by Crippen LogP contribution is -2.23. The zero-order valence-corrected chi connectivity index (χ0v) is 25.2. The molecule has 2 aromatic carbocycles. The van der Waals surface area contributed by atoms with E-state index in [1.54, 1.807) is 36.5 Å². The van der Waals surface area contributed by atoms with Gasteiger partial charge >= 0.3 is 0 Å². The molecule has 0 saturated heterocycles. The lowest BCUT2D eigenvalue weighted by Gasteiger charge is -2.23. The standard InChI is InChI=1S/C22H22N2O2.C5H10.C3H6.2C2H6/c1-3-5-13-23-17-11-12-18(24-14-6-4-2)20-19(17)21(25)15-9-7-8-10-16(15)22(20)26;1-3-5-4-2;1-3-2;2*1-2/h3,5-12,14,23-24H,4,13H2,1-2H3;3,5H,4H2,1-2H3;3H,1H2,2H3;2*1-2H3/b5-3-,14-6+;5-3-;;;. The number of nitrogens with one attached hydrogen (secondary N) is 2. The first-order valence-electron chi connectivity index (χ1n) is 13.8. The number of hydrogen-bond donors (Lipinski definition) is 2. The van der Waals surface area contributed by atoms with E-state index in [2.05, 4.69) is 36.3 Å². The molecule has 0 radical (unpaired) electrons. The van der Waals surface area contributed by atoms with E-state index in [1.165, 1.54) is 0 Å². The summed E-state index contributed by atoms with van der Waals surface area (Å²) in [5.41, 5.74) is 3.11. The molecule has 4 nitrogen and oxygen atoms in total. The topological polar surface area (TPSA) is 58.2 Å². The first kappa shape index (κ1) is 36.5. The van der Waals surface area contributed by atoms with Gasteiger partial charge in [-0.15, -0.1) is 6.58 Å². The molecule has 0 aliphatic heterocycles. The molecular formula is C34H50N2O2. The summed E-state index contributed by atoms with van der Waals surface area (Å²) in [6.07, 6.45) is 15.7. The van der Waals surface area contributed by atoms with Gasteiger partial charge in [0.05, 0.1) is 16.8 Å². The summed E-state index contributed by atoms with van der Waals surface area (Å²) in [5, 5.41) is 6.40. The molecule has 0 atom stereocenters. The van der Waals surface area contributed by atoms with Crippen LogP contribution in [0.15, 0.2) is 85.6 Å². The Kier molecular flexibility index (Phi) is 22.8. The van der Waals surface area contributed by atoms with Crippen molar-refractivity contribution in [2.45, 2.75) is 75.2 Å². The van der Waals surface area contributed by atoms with Crippen molar-refractivity contribution in [3.63, 3.8) is 0 Å². The minimum absolute atomic E-state index is 0.124. The zero-order valence-electron chi connectivity index (χ0n) is 25.2. The second-order valence-corrected chi connectivity index (χ2v) is 7.40. The van der Waals surface area contributed by atoms with Crippen LogP contribution in [0, 0.1) is 0 Å². The van der Waals surface area contributed by atoms with Crippen molar-refractivity contribution in [2.24, 2.45) is 0 Å². The van der Waals surface area contributed by atoms with Crippen molar-refractivity contribution >= 4 is 22.9 Å². The largest absolute Gasteiger partial charge is 0.381 e. The van der Waals surface area contributed by atoms with Crippen molar-refractivity contribution in [3.8, 4) is 0 Å². The van der Waals surface area contributed by atoms with Gasteiger partial charge in [0.25, 0.3) is 0 Å². The molecule has 0 amide bonds. The van der Waals surface area contributed by atoms with Crippen LogP contribution in [0.25, 0.3) is 0 Å². The van der Waals surface area contributed by atoms with Crippen LogP contribution in [0.3, 0.4) is 0 Å². The quantitative estimate of drug-likeness (QED) is 0.305. The van der Waals surface area contributed by atoms with Gasteiger partial charge in [-0.05, 0) is 51.9 Å². The summed E-state index contributed by atoms with van der Waals surface area (Å²) >= 11 is 0. The molecule has 1 aliphatic carbocycles. The Morgan fingerprint density at radius 3 is 1.58 bits per heavy atom. The van der Waals surface area contributed by atoms with E-state index in [-0.39, 0.29) is 11.6 Å². The molecule has 0 bridgehead atoms. The van der Waals surface area contributed by atoms with Crippen molar-refractivity contribution in [1.29, 1.82) is 0 Å². The minimum Gasteiger partial charge on any atom is -0.381 e. The van der Waals surface area contributed by atoms with Gasteiger partial charge in [-0.2, -0.15) is 0 Å². The van der Waals surface area contributed by atoms with E-state index < -0.39 is 0 Å². The Hall–Kier alpha value is -3.66. The summed E-state index contributed by atoms with van der Waals surface area (Å²) in [7, 11) is 0. The average molecular weight is 519 g/mol. The predicted octanol–water partition coefficient (Wildman–Crippen LogP) is 10.0. The molecule has 0 heterocycles. The molecule has 0 saturated carbocycles. The smallest absolute Gasteiger partial charge is 0.196 e. The van der Waals surface area contributed by atoms with Gasteiger partial charge in [-0.25, -0.2) is 0 Å². The number of anilines is 2. The molecule has 0 aromatic heterocycles. The average Bonchev–Trinajstić information content (AvgIpc) is 2.96. The summed E-state index contributed by atoms with van der Waals surface area (Å²) in [6, 6.07) is 10.7. The summed E-state index contributed by atoms with van der Waals surface area (Å²) in [6.45, 7) is 22.0. The summed E-state index contributed by atoms with van der Waals surface area (Å²) < 4.78 is 0. The van der Waals surface area contributed by atoms with Crippen molar-refractivity contribution in [2.75, 3.05) is 17.2 Å². The van der Waals surface area contributed by atoms with E-state index >= 15 is 0 Å². The third-order valence-electron chi connectivity index (χ3n) is 4.79. The van der Waals surface area contributed by atoms with E-state index in [4.69, 9.17) is 0 Å². The molecule has 4 heteroatoms. The Morgan fingerprint density at radius 2 is 1.16 bits per heavy atom. The number of rotatable bonds is 7. The Morgan fingerprint density at radius 1 is 0.711 bits per heavy atom. The first-order chi connectivity index (χ1) is 18.5. The van der Waals surface area contributed by atoms with Crippen LogP contribution in [-0.2, 0) is 0 Å². The van der Waals surface area contributed by atoms with Crippen LogP contribution in [-0.4, -0.2) is 18.1 Å². The molecule has 0 fully saturated rings. The molecule has 0 spiro atoms. The van der Waals surface area contributed by atoms with Gasteiger partial charge in [0, 0.05) is 23.4 Å².